The average molecular weight is 347 g/mol. The van der Waals surface area contributed by atoms with Crippen molar-refractivity contribution in [1.29, 1.82) is 5.26 Å². The highest BCUT2D eigenvalue weighted by atomic mass is 35.5. The summed E-state index contributed by atoms with van der Waals surface area (Å²) in [7, 11) is -3.90. The van der Waals surface area contributed by atoms with E-state index < -0.39 is 15.8 Å². The standard InChI is InChI=1S/C14H16ClFN2O3S/c15-13-9-11(16)4-5-14(13)22(19,20)18(7-2-6-17)10-12-3-1-8-21-12/h4-5,9,12H,1-3,7-8,10H2. The van der Waals surface area contributed by atoms with Crippen LogP contribution in [-0.4, -0.2) is 38.5 Å². The summed E-state index contributed by atoms with van der Waals surface area (Å²) in [6.07, 6.45) is 1.53. The van der Waals surface area contributed by atoms with Crippen LogP contribution < -0.4 is 0 Å². The van der Waals surface area contributed by atoms with Crippen molar-refractivity contribution in [1.82, 2.24) is 4.31 Å². The topological polar surface area (TPSA) is 70.4 Å². The van der Waals surface area contributed by atoms with Crippen molar-refractivity contribution in [2.45, 2.75) is 30.3 Å². The van der Waals surface area contributed by atoms with Crippen LogP contribution >= 0.6 is 11.6 Å². The largest absolute Gasteiger partial charge is 0.377 e. The normalized spacial score (nSPS) is 18.5. The molecule has 0 spiro atoms. The number of sulfonamides is 1. The molecule has 22 heavy (non-hydrogen) atoms. The van der Waals surface area contributed by atoms with Gasteiger partial charge in [-0.25, -0.2) is 12.8 Å². The van der Waals surface area contributed by atoms with Crippen molar-refractivity contribution < 1.29 is 17.5 Å². The first kappa shape index (κ1) is 17.2. The molecule has 0 amide bonds. The zero-order valence-electron chi connectivity index (χ0n) is 11.8. The van der Waals surface area contributed by atoms with E-state index in [1.54, 1.807) is 0 Å². The number of hydrogen-bond donors (Lipinski definition) is 0. The number of hydrogen-bond acceptors (Lipinski definition) is 4. The summed E-state index contributed by atoms with van der Waals surface area (Å²) in [6, 6.07) is 5.08. The van der Waals surface area contributed by atoms with Crippen molar-refractivity contribution in [3.8, 4) is 6.07 Å². The van der Waals surface area contributed by atoms with Gasteiger partial charge < -0.3 is 4.74 Å². The van der Waals surface area contributed by atoms with Crippen molar-refractivity contribution in [2.24, 2.45) is 0 Å². The average Bonchev–Trinajstić information content (AvgIpc) is 2.95. The minimum Gasteiger partial charge on any atom is -0.377 e. The summed E-state index contributed by atoms with van der Waals surface area (Å²) in [4.78, 5) is -0.161. The summed E-state index contributed by atoms with van der Waals surface area (Å²) < 4.78 is 45.2. The van der Waals surface area contributed by atoms with Crippen molar-refractivity contribution >= 4 is 21.6 Å². The third-order valence-electron chi connectivity index (χ3n) is 3.42. The zero-order valence-corrected chi connectivity index (χ0v) is 13.4. The fraction of sp³-hybridized carbons (Fsp3) is 0.500. The van der Waals surface area contributed by atoms with Crippen LogP contribution in [0.3, 0.4) is 0 Å². The molecule has 120 valence electrons. The summed E-state index contributed by atoms with van der Waals surface area (Å²) in [6.45, 7) is 0.818. The van der Waals surface area contributed by atoms with Crippen molar-refractivity contribution in [3.63, 3.8) is 0 Å². The molecule has 1 atom stereocenters. The molecular weight excluding hydrogens is 331 g/mol. The number of nitriles is 1. The lowest BCUT2D eigenvalue weighted by Crippen LogP contribution is -2.38. The molecule has 1 aromatic rings. The first-order valence-corrected chi connectivity index (χ1v) is 8.70. The zero-order chi connectivity index (χ0) is 16.2. The van der Waals surface area contributed by atoms with Gasteiger partial charge in [-0.2, -0.15) is 9.57 Å². The fourth-order valence-electron chi connectivity index (χ4n) is 2.32. The molecule has 5 nitrogen and oxygen atoms in total. The van der Waals surface area contributed by atoms with Gasteiger partial charge in [-0.15, -0.1) is 0 Å². The molecule has 0 N–H and O–H groups in total. The minimum atomic E-state index is -3.90. The number of nitrogens with zero attached hydrogens (tertiary/aromatic N) is 2. The van der Waals surface area contributed by atoms with Gasteiger partial charge in [0.25, 0.3) is 0 Å². The molecule has 0 aromatic heterocycles. The molecule has 8 heteroatoms. The van der Waals surface area contributed by atoms with E-state index in [0.29, 0.717) is 6.61 Å². The lowest BCUT2D eigenvalue weighted by atomic mass is 10.2. The predicted molar refractivity (Wildman–Crippen MR) is 79.4 cm³/mol. The first-order valence-electron chi connectivity index (χ1n) is 6.89. The summed E-state index contributed by atoms with van der Waals surface area (Å²) in [5.41, 5.74) is 0. The van der Waals surface area contributed by atoms with Gasteiger partial charge in [-0.1, -0.05) is 11.6 Å². The number of benzene rings is 1. The monoisotopic (exact) mass is 346 g/mol. The first-order chi connectivity index (χ1) is 10.4. The van der Waals surface area contributed by atoms with E-state index in [-0.39, 0.29) is 35.5 Å². The van der Waals surface area contributed by atoms with Crippen LogP contribution in [0, 0.1) is 17.1 Å². The number of halogens is 2. The van der Waals surface area contributed by atoms with Crippen LogP contribution in [0.25, 0.3) is 0 Å². The molecule has 1 heterocycles. The van der Waals surface area contributed by atoms with Gasteiger partial charge in [0.2, 0.25) is 10.0 Å². The fourth-order valence-corrected chi connectivity index (χ4v) is 4.30. The molecule has 0 radical (unpaired) electrons. The van der Waals surface area contributed by atoms with Gasteiger partial charge in [0.1, 0.15) is 10.7 Å². The Hall–Kier alpha value is -1.20. The van der Waals surface area contributed by atoms with E-state index in [9.17, 15) is 12.8 Å². The molecule has 0 saturated carbocycles. The van der Waals surface area contributed by atoms with E-state index in [2.05, 4.69) is 0 Å². The SMILES string of the molecule is N#CCCN(CC1CCCO1)S(=O)(=O)c1ccc(F)cc1Cl. The molecule has 1 aromatic carbocycles. The molecule has 1 saturated heterocycles. The Bertz CT molecular complexity index is 669. The van der Waals surface area contributed by atoms with Crippen molar-refractivity contribution in [3.05, 3.63) is 29.0 Å². The molecule has 1 aliphatic rings. The van der Waals surface area contributed by atoms with E-state index in [1.807, 2.05) is 6.07 Å². The third kappa shape index (κ3) is 3.96. The van der Waals surface area contributed by atoms with Crippen LogP contribution in [0.4, 0.5) is 4.39 Å². The maximum Gasteiger partial charge on any atom is 0.244 e. The molecular formula is C14H16ClFN2O3S. The van der Waals surface area contributed by atoms with Gasteiger partial charge in [0, 0.05) is 26.1 Å². The second kappa shape index (κ2) is 7.38. The number of ether oxygens (including phenoxy) is 1. The molecule has 1 fully saturated rings. The summed E-state index contributed by atoms with van der Waals surface area (Å²) >= 11 is 5.87. The van der Waals surface area contributed by atoms with E-state index in [1.165, 1.54) is 4.31 Å². The Morgan fingerprint density at radius 2 is 2.27 bits per heavy atom. The Morgan fingerprint density at radius 1 is 1.50 bits per heavy atom. The molecule has 0 bridgehead atoms. The third-order valence-corrected chi connectivity index (χ3v) is 5.76. The quantitative estimate of drug-likeness (QED) is 0.793. The second-order valence-electron chi connectivity index (χ2n) is 4.98. The summed E-state index contributed by atoms with van der Waals surface area (Å²) in [5, 5.41) is 8.55. The van der Waals surface area contributed by atoms with Crippen LogP contribution in [-0.2, 0) is 14.8 Å². The highest BCUT2D eigenvalue weighted by Gasteiger charge is 2.30. The van der Waals surface area contributed by atoms with Gasteiger partial charge >= 0.3 is 0 Å². The van der Waals surface area contributed by atoms with Gasteiger partial charge in [-0.3, -0.25) is 0 Å². The maximum atomic E-state index is 13.1. The van der Waals surface area contributed by atoms with Gasteiger partial charge in [0.15, 0.2) is 0 Å². The molecule has 2 rings (SSSR count). The van der Waals surface area contributed by atoms with Crippen molar-refractivity contribution in [2.75, 3.05) is 19.7 Å². The lowest BCUT2D eigenvalue weighted by Gasteiger charge is -2.24. The van der Waals surface area contributed by atoms with Gasteiger partial charge in [0.05, 0.1) is 17.2 Å². The smallest absolute Gasteiger partial charge is 0.244 e. The van der Waals surface area contributed by atoms with Crippen LogP contribution in [0.15, 0.2) is 23.1 Å². The number of rotatable bonds is 6. The predicted octanol–water partition coefficient (Wildman–Crippen LogP) is 2.56. The Balaban J connectivity index is 2.28. The Morgan fingerprint density at radius 3 is 2.86 bits per heavy atom. The maximum absolute atomic E-state index is 13.1. The lowest BCUT2D eigenvalue weighted by molar-refractivity contribution is 0.0941. The Labute approximate surface area is 134 Å². The minimum absolute atomic E-state index is 0.0480. The molecule has 0 aliphatic carbocycles. The van der Waals surface area contributed by atoms with E-state index >= 15 is 0 Å². The molecule has 1 aliphatic heterocycles. The van der Waals surface area contributed by atoms with E-state index in [0.717, 1.165) is 31.0 Å². The Kier molecular flexibility index (Phi) is 5.75. The van der Waals surface area contributed by atoms with Crippen LogP contribution in [0.5, 0.6) is 0 Å². The highest BCUT2D eigenvalue weighted by Crippen LogP contribution is 2.27. The highest BCUT2D eigenvalue weighted by molar-refractivity contribution is 7.89. The second-order valence-corrected chi connectivity index (χ2v) is 7.29. The van der Waals surface area contributed by atoms with Crippen LogP contribution in [0.2, 0.25) is 5.02 Å². The summed E-state index contributed by atoms with van der Waals surface area (Å²) in [5.74, 6) is -0.605. The molecule has 1 unspecified atom stereocenters. The van der Waals surface area contributed by atoms with Crippen LogP contribution in [0.1, 0.15) is 19.3 Å². The van der Waals surface area contributed by atoms with Gasteiger partial charge in [-0.05, 0) is 31.0 Å². The van der Waals surface area contributed by atoms with E-state index in [4.69, 9.17) is 21.6 Å².